The monoisotopic (exact) mass is 387 g/mol. The standard InChI is InChI=1S/C16H19BrClNOS/c1-3-13(19)8-11-7-12(17)6-10(2)16(11)20-9-14-4-5-15(18)21-14/h4-7,13H,3,8-9,19H2,1-2H3. The molecule has 0 spiro atoms. The number of aryl methyl sites for hydroxylation is 1. The number of nitrogens with two attached hydrogens (primary N) is 1. The van der Waals surface area contributed by atoms with Gasteiger partial charge in [-0.05, 0) is 55.2 Å². The number of benzene rings is 1. The minimum atomic E-state index is 0.150. The summed E-state index contributed by atoms with van der Waals surface area (Å²) in [6.07, 6.45) is 1.77. The number of hydrogen-bond donors (Lipinski definition) is 1. The van der Waals surface area contributed by atoms with Crippen molar-refractivity contribution in [2.24, 2.45) is 5.73 Å². The van der Waals surface area contributed by atoms with Crippen molar-refractivity contribution in [1.82, 2.24) is 0 Å². The zero-order valence-electron chi connectivity index (χ0n) is 12.2. The topological polar surface area (TPSA) is 35.2 Å². The first-order valence-electron chi connectivity index (χ1n) is 6.91. The van der Waals surface area contributed by atoms with E-state index < -0.39 is 0 Å². The van der Waals surface area contributed by atoms with Gasteiger partial charge in [0.2, 0.25) is 0 Å². The smallest absolute Gasteiger partial charge is 0.126 e. The second-order valence-electron chi connectivity index (χ2n) is 5.08. The van der Waals surface area contributed by atoms with Crippen LogP contribution in [0, 0.1) is 6.92 Å². The van der Waals surface area contributed by atoms with Crippen LogP contribution in [0.4, 0.5) is 0 Å². The Morgan fingerprint density at radius 1 is 1.38 bits per heavy atom. The van der Waals surface area contributed by atoms with E-state index in [2.05, 4.69) is 41.9 Å². The Morgan fingerprint density at radius 3 is 2.76 bits per heavy atom. The second kappa shape index (κ2) is 7.63. The summed E-state index contributed by atoms with van der Waals surface area (Å²) < 4.78 is 7.89. The fourth-order valence-electron chi connectivity index (χ4n) is 2.16. The molecule has 114 valence electrons. The van der Waals surface area contributed by atoms with Crippen molar-refractivity contribution in [2.45, 2.75) is 39.3 Å². The molecular weight excluding hydrogens is 370 g/mol. The van der Waals surface area contributed by atoms with E-state index in [0.717, 1.165) is 43.4 Å². The Kier molecular flexibility index (Phi) is 6.11. The summed E-state index contributed by atoms with van der Waals surface area (Å²) in [6, 6.07) is 8.21. The van der Waals surface area contributed by atoms with E-state index in [1.807, 2.05) is 12.1 Å². The maximum Gasteiger partial charge on any atom is 0.126 e. The summed E-state index contributed by atoms with van der Waals surface area (Å²) in [5.41, 5.74) is 8.37. The van der Waals surface area contributed by atoms with Gasteiger partial charge >= 0.3 is 0 Å². The summed E-state index contributed by atoms with van der Waals surface area (Å²) in [5, 5.41) is 0. The van der Waals surface area contributed by atoms with E-state index in [1.165, 1.54) is 0 Å². The maximum atomic E-state index is 6.10. The van der Waals surface area contributed by atoms with Crippen molar-refractivity contribution in [3.05, 3.63) is 49.1 Å². The lowest BCUT2D eigenvalue weighted by Gasteiger charge is -2.17. The van der Waals surface area contributed by atoms with Gasteiger partial charge in [0.05, 0.1) is 4.34 Å². The van der Waals surface area contributed by atoms with Gasteiger partial charge in [-0.2, -0.15) is 0 Å². The van der Waals surface area contributed by atoms with E-state index in [9.17, 15) is 0 Å². The van der Waals surface area contributed by atoms with Crippen LogP contribution in [-0.2, 0) is 13.0 Å². The second-order valence-corrected chi connectivity index (χ2v) is 7.79. The molecule has 0 radical (unpaired) electrons. The Bertz CT molecular complexity index is 614. The average molecular weight is 389 g/mol. The molecule has 0 fully saturated rings. The van der Waals surface area contributed by atoms with Crippen LogP contribution in [0.3, 0.4) is 0 Å². The zero-order chi connectivity index (χ0) is 15.4. The van der Waals surface area contributed by atoms with Crippen LogP contribution in [0.15, 0.2) is 28.7 Å². The molecule has 1 heterocycles. The lowest BCUT2D eigenvalue weighted by molar-refractivity contribution is 0.303. The fraction of sp³-hybridized carbons (Fsp3) is 0.375. The van der Waals surface area contributed by atoms with Crippen LogP contribution in [0.2, 0.25) is 4.34 Å². The Balaban J connectivity index is 2.19. The van der Waals surface area contributed by atoms with Gasteiger partial charge in [-0.1, -0.05) is 34.5 Å². The molecule has 1 aromatic heterocycles. The molecule has 2 nitrogen and oxygen atoms in total. The molecule has 0 bridgehead atoms. The van der Waals surface area contributed by atoms with Crippen molar-refractivity contribution < 1.29 is 4.74 Å². The highest BCUT2D eigenvalue weighted by atomic mass is 79.9. The SMILES string of the molecule is CCC(N)Cc1cc(Br)cc(C)c1OCc1ccc(Cl)s1. The average Bonchev–Trinajstić information content (AvgIpc) is 2.83. The molecule has 5 heteroatoms. The molecule has 0 aliphatic rings. The predicted molar refractivity (Wildman–Crippen MR) is 94.5 cm³/mol. The lowest BCUT2D eigenvalue weighted by Crippen LogP contribution is -2.22. The van der Waals surface area contributed by atoms with Crippen LogP contribution >= 0.6 is 38.9 Å². The normalized spacial score (nSPS) is 12.4. The molecule has 0 aliphatic heterocycles. The van der Waals surface area contributed by atoms with Crippen LogP contribution < -0.4 is 10.5 Å². The molecule has 1 aromatic carbocycles. The highest BCUT2D eigenvalue weighted by Crippen LogP contribution is 2.31. The highest BCUT2D eigenvalue weighted by molar-refractivity contribution is 9.10. The number of hydrogen-bond acceptors (Lipinski definition) is 3. The molecule has 0 amide bonds. The molecule has 2 rings (SSSR count). The summed E-state index contributed by atoms with van der Waals surface area (Å²) in [5.74, 6) is 0.937. The Hall–Kier alpha value is -0.550. The number of halogens is 2. The lowest BCUT2D eigenvalue weighted by atomic mass is 10.0. The largest absolute Gasteiger partial charge is 0.488 e. The van der Waals surface area contributed by atoms with E-state index in [-0.39, 0.29) is 6.04 Å². The van der Waals surface area contributed by atoms with Gasteiger partial charge in [-0.25, -0.2) is 0 Å². The van der Waals surface area contributed by atoms with Gasteiger partial charge in [-0.15, -0.1) is 11.3 Å². The van der Waals surface area contributed by atoms with Gasteiger partial charge in [0.1, 0.15) is 12.4 Å². The van der Waals surface area contributed by atoms with Crippen LogP contribution in [0.25, 0.3) is 0 Å². The summed E-state index contributed by atoms with van der Waals surface area (Å²) >= 11 is 11.0. The van der Waals surface area contributed by atoms with Crippen molar-refractivity contribution in [3.8, 4) is 5.75 Å². The molecule has 0 saturated carbocycles. The first-order chi connectivity index (χ1) is 9.99. The molecule has 1 unspecified atom stereocenters. The van der Waals surface area contributed by atoms with E-state index >= 15 is 0 Å². The minimum Gasteiger partial charge on any atom is -0.488 e. The van der Waals surface area contributed by atoms with Gasteiger partial charge in [0.25, 0.3) is 0 Å². The Morgan fingerprint density at radius 2 is 2.14 bits per heavy atom. The zero-order valence-corrected chi connectivity index (χ0v) is 15.3. The third kappa shape index (κ3) is 4.71. The van der Waals surface area contributed by atoms with Gasteiger partial charge in [0, 0.05) is 15.4 Å². The molecule has 2 N–H and O–H groups in total. The van der Waals surface area contributed by atoms with Crippen molar-refractivity contribution >= 4 is 38.9 Å². The van der Waals surface area contributed by atoms with Crippen molar-refractivity contribution in [2.75, 3.05) is 0 Å². The van der Waals surface area contributed by atoms with Gasteiger partial charge in [-0.3, -0.25) is 0 Å². The van der Waals surface area contributed by atoms with Gasteiger partial charge in [0.15, 0.2) is 0 Å². The quantitative estimate of drug-likeness (QED) is 0.725. The van der Waals surface area contributed by atoms with E-state index in [4.69, 9.17) is 22.1 Å². The minimum absolute atomic E-state index is 0.150. The molecule has 1 atom stereocenters. The first kappa shape index (κ1) is 16.8. The van der Waals surface area contributed by atoms with Gasteiger partial charge < -0.3 is 10.5 Å². The predicted octanol–water partition coefficient (Wildman–Crippen LogP) is 5.33. The summed E-state index contributed by atoms with van der Waals surface area (Å²) in [4.78, 5) is 1.12. The third-order valence-electron chi connectivity index (χ3n) is 3.31. The van der Waals surface area contributed by atoms with E-state index in [0.29, 0.717) is 6.61 Å². The van der Waals surface area contributed by atoms with Crippen LogP contribution in [0.1, 0.15) is 29.3 Å². The number of ether oxygens (including phenoxy) is 1. The highest BCUT2D eigenvalue weighted by Gasteiger charge is 2.12. The van der Waals surface area contributed by atoms with E-state index in [1.54, 1.807) is 11.3 Å². The summed E-state index contributed by atoms with van der Waals surface area (Å²) in [7, 11) is 0. The number of rotatable bonds is 6. The number of thiophene rings is 1. The van der Waals surface area contributed by atoms with Crippen molar-refractivity contribution in [1.29, 1.82) is 0 Å². The maximum absolute atomic E-state index is 6.10. The molecule has 0 saturated heterocycles. The summed E-state index contributed by atoms with van der Waals surface area (Å²) in [6.45, 7) is 4.69. The molecule has 0 aliphatic carbocycles. The molecule has 2 aromatic rings. The molecular formula is C16H19BrClNOS. The first-order valence-corrected chi connectivity index (χ1v) is 8.90. The Labute approximate surface area is 143 Å². The van der Waals surface area contributed by atoms with Crippen LogP contribution in [0.5, 0.6) is 5.75 Å². The van der Waals surface area contributed by atoms with Crippen LogP contribution in [-0.4, -0.2) is 6.04 Å². The fourth-order valence-corrected chi connectivity index (χ4v) is 3.78. The van der Waals surface area contributed by atoms with Crippen molar-refractivity contribution in [3.63, 3.8) is 0 Å². The third-order valence-corrected chi connectivity index (χ3v) is 4.97. The molecule has 21 heavy (non-hydrogen) atoms.